The Kier molecular flexibility index (Phi) is 6.59. The maximum Gasteiger partial charge on any atom is 0.191 e. The number of imidazole rings is 1. The van der Waals surface area contributed by atoms with Crippen molar-refractivity contribution in [2.45, 2.75) is 33.4 Å². The number of aryl methyl sites for hydroxylation is 2. The van der Waals surface area contributed by atoms with E-state index in [1.807, 2.05) is 30.1 Å². The third-order valence-corrected chi connectivity index (χ3v) is 3.43. The molecule has 0 bridgehead atoms. The zero-order chi connectivity index (χ0) is 16.5. The molecule has 1 aromatic carbocycles. The number of hydrogen-bond donors (Lipinski definition) is 2. The van der Waals surface area contributed by atoms with Crippen LogP contribution in [0.2, 0.25) is 0 Å². The third kappa shape index (κ3) is 5.73. The first-order valence-electron chi connectivity index (χ1n) is 7.92. The summed E-state index contributed by atoms with van der Waals surface area (Å²) >= 11 is 0. The highest BCUT2D eigenvalue weighted by atomic mass is 19.1. The monoisotopic (exact) mass is 317 g/mol. The molecule has 2 N–H and O–H groups in total. The van der Waals surface area contributed by atoms with E-state index < -0.39 is 0 Å². The Morgan fingerprint density at radius 3 is 2.91 bits per heavy atom. The highest BCUT2D eigenvalue weighted by molar-refractivity contribution is 5.79. The lowest BCUT2D eigenvalue weighted by molar-refractivity contribution is 0.617. The molecule has 0 aliphatic heterocycles. The lowest BCUT2D eigenvalue weighted by atomic mass is 10.1. The fraction of sp³-hybridized carbons (Fsp3) is 0.412. The van der Waals surface area contributed by atoms with E-state index in [1.54, 1.807) is 19.2 Å². The van der Waals surface area contributed by atoms with Gasteiger partial charge in [-0.3, -0.25) is 0 Å². The van der Waals surface area contributed by atoms with Crippen molar-refractivity contribution < 1.29 is 4.39 Å². The van der Waals surface area contributed by atoms with Gasteiger partial charge in [-0.1, -0.05) is 12.1 Å². The van der Waals surface area contributed by atoms with Crippen LogP contribution >= 0.6 is 0 Å². The van der Waals surface area contributed by atoms with Crippen LogP contribution in [0.3, 0.4) is 0 Å². The summed E-state index contributed by atoms with van der Waals surface area (Å²) in [5, 5.41) is 6.53. The molecular weight excluding hydrogens is 293 g/mol. The van der Waals surface area contributed by atoms with E-state index in [4.69, 9.17) is 0 Å². The molecule has 0 amide bonds. The first-order chi connectivity index (χ1) is 11.2. The van der Waals surface area contributed by atoms with Gasteiger partial charge >= 0.3 is 0 Å². The number of halogens is 1. The standard InChI is InChI=1S/C17H24FN5/c1-3-20-17(21-7-4-9-23-10-8-19-13-23)22-12-15-5-6-16(18)14(2)11-15/h5-6,8,10-11,13H,3-4,7,9,12H2,1-2H3,(H2,20,21,22). The molecule has 0 saturated carbocycles. The third-order valence-electron chi connectivity index (χ3n) is 3.43. The molecule has 5 nitrogen and oxygen atoms in total. The number of benzene rings is 1. The van der Waals surface area contributed by atoms with E-state index in [0.717, 1.165) is 37.6 Å². The zero-order valence-electron chi connectivity index (χ0n) is 13.7. The van der Waals surface area contributed by atoms with Crippen LogP contribution in [0.1, 0.15) is 24.5 Å². The van der Waals surface area contributed by atoms with Crippen molar-refractivity contribution in [1.82, 2.24) is 20.2 Å². The first-order valence-corrected chi connectivity index (χ1v) is 7.92. The van der Waals surface area contributed by atoms with Crippen LogP contribution < -0.4 is 10.6 Å². The fourth-order valence-corrected chi connectivity index (χ4v) is 2.20. The van der Waals surface area contributed by atoms with Gasteiger partial charge in [-0.05, 0) is 37.5 Å². The number of aliphatic imine (C=N–C) groups is 1. The van der Waals surface area contributed by atoms with Gasteiger partial charge in [0.25, 0.3) is 0 Å². The number of guanidine groups is 1. The molecule has 0 unspecified atom stereocenters. The molecule has 6 heteroatoms. The SMILES string of the molecule is CCNC(=NCc1ccc(F)c(C)c1)NCCCn1ccnc1. The summed E-state index contributed by atoms with van der Waals surface area (Å²) in [6, 6.07) is 5.10. The lowest BCUT2D eigenvalue weighted by Crippen LogP contribution is -2.38. The molecule has 0 saturated heterocycles. The van der Waals surface area contributed by atoms with Gasteiger partial charge in [0.2, 0.25) is 0 Å². The molecule has 2 aromatic rings. The Balaban J connectivity index is 1.82. The molecule has 1 aromatic heterocycles. The minimum Gasteiger partial charge on any atom is -0.357 e. The van der Waals surface area contributed by atoms with Crippen LogP contribution in [0.25, 0.3) is 0 Å². The van der Waals surface area contributed by atoms with Crippen molar-refractivity contribution in [1.29, 1.82) is 0 Å². The normalized spacial score (nSPS) is 11.5. The van der Waals surface area contributed by atoms with Crippen molar-refractivity contribution in [3.8, 4) is 0 Å². The van der Waals surface area contributed by atoms with Gasteiger partial charge in [0.1, 0.15) is 5.82 Å². The van der Waals surface area contributed by atoms with Gasteiger partial charge < -0.3 is 15.2 Å². The highest BCUT2D eigenvalue weighted by Crippen LogP contribution is 2.09. The zero-order valence-corrected chi connectivity index (χ0v) is 13.7. The van der Waals surface area contributed by atoms with Gasteiger partial charge in [0.15, 0.2) is 5.96 Å². The minimum absolute atomic E-state index is 0.178. The Bertz CT molecular complexity index is 622. The molecule has 124 valence electrons. The summed E-state index contributed by atoms with van der Waals surface area (Å²) < 4.78 is 15.3. The Hall–Kier alpha value is -2.37. The molecule has 0 fully saturated rings. The van der Waals surface area contributed by atoms with Crippen molar-refractivity contribution >= 4 is 5.96 Å². The fourth-order valence-electron chi connectivity index (χ4n) is 2.20. The summed E-state index contributed by atoms with van der Waals surface area (Å²) in [5.41, 5.74) is 1.65. The van der Waals surface area contributed by atoms with E-state index in [9.17, 15) is 4.39 Å². The number of nitrogens with zero attached hydrogens (tertiary/aromatic N) is 3. The number of nitrogens with one attached hydrogen (secondary N) is 2. The topological polar surface area (TPSA) is 54.2 Å². The molecule has 2 rings (SSSR count). The Labute approximate surface area is 136 Å². The maximum absolute atomic E-state index is 13.3. The number of hydrogen-bond acceptors (Lipinski definition) is 2. The van der Waals surface area contributed by atoms with E-state index in [0.29, 0.717) is 12.1 Å². The molecule has 23 heavy (non-hydrogen) atoms. The quantitative estimate of drug-likeness (QED) is 0.469. The molecular formula is C17H24FN5. The van der Waals surface area contributed by atoms with Gasteiger partial charge in [0.05, 0.1) is 12.9 Å². The van der Waals surface area contributed by atoms with Gasteiger partial charge in [-0.15, -0.1) is 0 Å². The smallest absolute Gasteiger partial charge is 0.191 e. The van der Waals surface area contributed by atoms with Crippen LogP contribution in [0, 0.1) is 12.7 Å². The number of aromatic nitrogens is 2. The van der Waals surface area contributed by atoms with Gasteiger partial charge in [0, 0.05) is 32.0 Å². The van der Waals surface area contributed by atoms with Crippen molar-refractivity contribution in [3.05, 3.63) is 53.9 Å². The van der Waals surface area contributed by atoms with Crippen LogP contribution in [0.4, 0.5) is 4.39 Å². The van der Waals surface area contributed by atoms with Gasteiger partial charge in [-0.25, -0.2) is 14.4 Å². The number of rotatable bonds is 7. The van der Waals surface area contributed by atoms with Crippen LogP contribution in [0.15, 0.2) is 41.9 Å². The Morgan fingerprint density at radius 2 is 2.22 bits per heavy atom. The second kappa shape index (κ2) is 8.92. The lowest BCUT2D eigenvalue weighted by Gasteiger charge is -2.11. The largest absolute Gasteiger partial charge is 0.357 e. The molecule has 0 aliphatic rings. The minimum atomic E-state index is -0.178. The summed E-state index contributed by atoms with van der Waals surface area (Å²) in [6.07, 6.45) is 6.53. The van der Waals surface area contributed by atoms with Crippen molar-refractivity contribution in [2.24, 2.45) is 4.99 Å². The van der Waals surface area contributed by atoms with E-state index in [2.05, 4.69) is 20.6 Å². The first kappa shape index (κ1) is 17.0. The maximum atomic E-state index is 13.3. The predicted octanol–water partition coefficient (Wildman–Crippen LogP) is 2.48. The summed E-state index contributed by atoms with van der Waals surface area (Å²) in [6.45, 7) is 6.87. The Morgan fingerprint density at radius 1 is 1.35 bits per heavy atom. The van der Waals surface area contributed by atoms with E-state index in [-0.39, 0.29) is 5.82 Å². The van der Waals surface area contributed by atoms with Crippen LogP contribution in [-0.4, -0.2) is 28.6 Å². The molecule has 0 atom stereocenters. The summed E-state index contributed by atoms with van der Waals surface area (Å²) in [7, 11) is 0. The second-order valence-electron chi connectivity index (χ2n) is 5.36. The van der Waals surface area contributed by atoms with Crippen molar-refractivity contribution in [3.63, 3.8) is 0 Å². The summed E-state index contributed by atoms with van der Waals surface area (Å²) in [5.74, 6) is 0.599. The van der Waals surface area contributed by atoms with Gasteiger partial charge in [-0.2, -0.15) is 0 Å². The van der Waals surface area contributed by atoms with Crippen LogP contribution in [-0.2, 0) is 13.1 Å². The molecule has 1 heterocycles. The summed E-state index contributed by atoms with van der Waals surface area (Å²) in [4.78, 5) is 8.56. The highest BCUT2D eigenvalue weighted by Gasteiger charge is 2.00. The second-order valence-corrected chi connectivity index (χ2v) is 5.36. The van der Waals surface area contributed by atoms with Crippen LogP contribution in [0.5, 0.6) is 0 Å². The van der Waals surface area contributed by atoms with E-state index in [1.165, 1.54) is 6.07 Å². The van der Waals surface area contributed by atoms with Crippen molar-refractivity contribution in [2.75, 3.05) is 13.1 Å². The predicted molar refractivity (Wildman–Crippen MR) is 90.8 cm³/mol. The average molecular weight is 317 g/mol. The molecule has 0 aliphatic carbocycles. The van der Waals surface area contributed by atoms with E-state index >= 15 is 0 Å². The molecule has 0 radical (unpaired) electrons. The average Bonchev–Trinajstić information content (AvgIpc) is 3.05. The molecule has 0 spiro atoms.